The van der Waals surface area contributed by atoms with E-state index in [2.05, 4.69) is 64.9 Å². The van der Waals surface area contributed by atoms with Gasteiger partial charge >= 0.3 is 0 Å². The molecule has 1 aromatic heterocycles. The van der Waals surface area contributed by atoms with Crippen molar-refractivity contribution in [2.75, 3.05) is 11.9 Å². The topological polar surface area (TPSA) is 54.5 Å². The number of para-hydroxylation sites is 1. The van der Waals surface area contributed by atoms with Gasteiger partial charge in [0.1, 0.15) is 11.9 Å². The summed E-state index contributed by atoms with van der Waals surface area (Å²) in [5.74, 6) is 0.957. The van der Waals surface area contributed by atoms with E-state index >= 15 is 0 Å². The molecule has 2 aromatic carbocycles. The third kappa shape index (κ3) is 5.99. The fraction of sp³-hybridized carbons (Fsp3) is 0.357. The van der Waals surface area contributed by atoms with Crippen LogP contribution in [0.15, 0.2) is 71.9 Å². The Morgan fingerprint density at radius 3 is 2.79 bits per heavy atom. The molecule has 0 saturated carbocycles. The third-order valence-corrected chi connectivity index (χ3v) is 7.24. The van der Waals surface area contributed by atoms with Gasteiger partial charge in [-0.1, -0.05) is 51.1 Å². The summed E-state index contributed by atoms with van der Waals surface area (Å²) in [5.41, 5.74) is 3.86. The zero-order valence-electron chi connectivity index (χ0n) is 20.4. The lowest BCUT2D eigenvalue weighted by Crippen LogP contribution is -2.33. The summed E-state index contributed by atoms with van der Waals surface area (Å²) in [6.07, 6.45) is 5.15. The Balaban J connectivity index is 1.49. The molecule has 0 unspecified atom stereocenters. The predicted octanol–water partition coefficient (Wildman–Crippen LogP) is 6.28. The fourth-order valence-corrected chi connectivity index (χ4v) is 5.14. The van der Waals surface area contributed by atoms with Crippen LogP contribution in [0.4, 0.5) is 5.69 Å². The number of carbonyl (C=O) groups excluding carboxylic acids is 1. The van der Waals surface area contributed by atoms with Crippen LogP contribution in [0.1, 0.15) is 43.9 Å². The molecule has 0 fully saturated rings. The van der Waals surface area contributed by atoms with Crippen LogP contribution in [0.3, 0.4) is 0 Å². The first-order valence-electron chi connectivity index (χ1n) is 11.8. The van der Waals surface area contributed by atoms with Crippen LogP contribution in [-0.2, 0) is 17.8 Å². The second-order valence-corrected chi connectivity index (χ2v) is 10.7. The van der Waals surface area contributed by atoms with E-state index in [1.807, 2.05) is 32.0 Å². The van der Waals surface area contributed by atoms with Crippen LogP contribution in [-0.4, -0.2) is 27.8 Å². The summed E-state index contributed by atoms with van der Waals surface area (Å²) in [7, 11) is 0. The summed E-state index contributed by atoms with van der Waals surface area (Å²) in [6.45, 7) is 9.99. The lowest BCUT2D eigenvalue weighted by Gasteiger charge is -2.25. The average Bonchev–Trinajstić information content (AvgIpc) is 3.00. The summed E-state index contributed by atoms with van der Waals surface area (Å²) >= 11 is 1.76. The number of hydrogen-bond donors (Lipinski definition) is 1. The van der Waals surface area contributed by atoms with E-state index in [1.54, 1.807) is 24.3 Å². The van der Waals surface area contributed by atoms with E-state index in [0.717, 1.165) is 41.4 Å². The molecule has 1 atom stereocenters. The summed E-state index contributed by atoms with van der Waals surface area (Å²) < 4.78 is 8.65. The lowest BCUT2D eigenvalue weighted by atomic mass is 9.84. The van der Waals surface area contributed by atoms with Gasteiger partial charge in [0.15, 0.2) is 0 Å². The normalized spacial score (nSPS) is 16.3. The van der Waals surface area contributed by atoms with Crippen molar-refractivity contribution in [1.82, 2.24) is 9.29 Å². The summed E-state index contributed by atoms with van der Waals surface area (Å²) in [4.78, 5) is 18.2. The fourth-order valence-electron chi connectivity index (χ4n) is 4.08. The number of aromatic nitrogens is 1. The number of rotatable bonds is 7. The van der Waals surface area contributed by atoms with E-state index in [0.29, 0.717) is 6.42 Å². The van der Waals surface area contributed by atoms with Crippen LogP contribution in [0.25, 0.3) is 0 Å². The molecule has 1 aliphatic heterocycles. The van der Waals surface area contributed by atoms with E-state index in [-0.39, 0.29) is 12.0 Å². The van der Waals surface area contributed by atoms with Crippen LogP contribution >= 0.6 is 11.9 Å². The molecule has 0 saturated heterocycles. The summed E-state index contributed by atoms with van der Waals surface area (Å²) in [6, 6.07) is 18.5. The van der Waals surface area contributed by atoms with Crippen LogP contribution < -0.4 is 10.1 Å². The largest absolute Gasteiger partial charge is 0.488 e. The SMILES string of the molecule is CC[C@@H]1CN(Cc2cc(CC(C)(C)C(=O)Nc3cccnc3)ccc2C)Sc2ccccc2O1. The Morgan fingerprint density at radius 1 is 1.21 bits per heavy atom. The second kappa shape index (κ2) is 10.6. The van der Waals surface area contributed by atoms with Crippen molar-refractivity contribution in [1.29, 1.82) is 0 Å². The van der Waals surface area contributed by atoms with E-state index in [1.165, 1.54) is 11.1 Å². The monoisotopic (exact) mass is 475 g/mol. The smallest absolute Gasteiger partial charge is 0.230 e. The minimum Gasteiger partial charge on any atom is -0.488 e. The van der Waals surface area contributed by atoms with Gasteiger partial charge in [-0.2, -0.15) is 0 Å². The number of ether oxygens (including phenoxy) is 1. The zero-order valence-corrected chi connectivity index (χ0v) is 21.2. The highest BCUT2D eigenvalue weighted by Gasteiger charge is 2.29. The van der Waals surface area contributed by atoms with Gasteiger partial charge in [0.2, 0.25) is 5.91 Å². The Kier molecular flexibility index (Phi) is 7.59. The molecule has 1 amide bonds. The van der Waals surface area contributed by atoms with Crippen LogP contribution in [0.5, 0.6) is 5.75 Å². The zero-order chi connectivity index (χ0) is 24.1. The van der Waals surface area contributed by atoms with Gasteiger partial charge in [0.25, 0.3) is 0 Å². The average molecular weight is 476 g/mol. The van der Waals surface area contributed by atoms with Crippen LogP contribution in [0.2, 0.25) is 0 Å². The lowest BCUT2D eigenvalue weighted by molar-refractivity contribution is -0.123. The van der Waals surface area contributed by atoms with Gasteiger partial charge < -0.3 is 10.1 Å². The highest BCUT2D eigenvalue weighted by molar-refractivity contribution is 7.97. The molecule has 5 nitrogen and oxygen atoms in total. The van der Waals surface area contributed by atoms with Gasteiger partial charge in [-0.05, 0) is 72.7 Å². The number of nitrogens with zero attached hydrogens (tertiary/aromatic N) is 2. The quantitative estimate of drug-likeness (QED) is 0.408. The number of anilines is 1. The molecule has 1 aliphatic rings. The van der Waals surface area contributed by atoms with Crippen molar-refractivity contribution >= 4 is 23.5 Å². The second-order valence-electron chi connectivity index (χ2n) is 9.53. The van der Waals surface area contributed by atoms with Gasteiger partial charge in [-0.3, -0.25) is 9.78 Å². The Labute approximate surface area is 207 Å². The minimum absolute atomic E-state index is 0.00904. The maximum Gasteiger partial charge on any atom is 0.230 e. The molecule has 4 rings (SSSR count). The number of pyridine rings is 1. The number of fused-ring (bicyclic) bond motifs is 1. The number of nitrogens with one attached hydrogen (secondary N) is 1. The third-order valence-electron chi connectivity index (χ3n) is 6.17. The highest BCUT2D eigenvalue weighted by Crippen LogP contribution is 2.37. The van der Waals surface area contributed by atoms with Crippen molar-refractivity contribution in [3.05, 3.63) is 83.7 Å². The van der Waals surface area contributed by atoms with Crippen molar-refractivity contribution in [2.45, 2.75) is 58.1 Å². The van der Waals surface area contributed by atoms with Crippen molar-refractivity contribution < 1.29 is 9.53 Å². The van der Waals surface area contributed by atoms with Gasteiger partial charge in [0, 0.05) is 24.7 Å². The van der Waals surface area contributed by atoms with Gasteiger partial charge in [-0.25, -0.2) is 4.31 Å². The first kappa shape index (κ1) is 24.3. The number of aryl methyl sites for hydroxylation is 1. The predicted molar refractivity (Wildman–Crippen MR) is 139 cm³/mol. The molecule has 0 bridgehead atoms. The molecule has 2 heterocycles. The molecule has 1 N–H and O–H groups in total. The number of benzene rings is 2. The van der Waals surface area contributed by atoms with E-state index in [9.17, 15) is 4.79 Å². The maximum atomic E-state index is 13.0. The molecule has 6 heteroatoms. The molecule has 0 spiro atoms. The Morgan fingerprint density at radius 2 is 2.03 bits per heavy atom. The maximum absolute atomic E-state index is 13.0. The van der Waals surface area contributed by atoms with E-state index < -0.39 is 5.41 Å². The number of carbonyl (C=O) groups is 1. The minimum atomic E-state index is -0.556. The number of hydrogen-bond acceptors (Lipinski definition) is 5. The standard InChI is InChI=1S/C28H33N3O2S/c1-5-24-19-31(34-26-11-7-6-10-25(26)33-24)18-22-15-21(13-12-20(22)2)16-28(3,4)27(32)30-23-9-8-14-29-17-23/h6-15,17,24H,5,16,18-19H2,1-4H3,(H,30,32)/t24-/m1/s1. The number of amides is 1. The first-order valence-corrected chi connectivity index (χ1v) is 12.6. The van der Waals surface area contributed by atoms with E-state index in [4.69, 9.17) is 4.74 Å². The molecule has 0 aliphatic carbocycles. The first-order chi connectivity index (χ1) is 16.3. The Hall–Kier alpha value is -2.83. The van der Waals surface area contributed by atoms with Crippen molar-refractivity contribution in [3.63, 3.8) is 0 Å². The van der Waals surface area contributed by atoms with Crippen molar-refractivity contribution in [2.24, 2.45) is 5.41 Å². The molecule has 3 aromatic rings. The molecular formula is C28H33N3O2S. The van der Waals surface area contributed by atoms with Gasteiger partial charge in [0.05, 0.1) is 16.8 Å². The molecule has 34 heavy (non-hydrogen) atoms. The van der Waals surface area contributed by atoms with Gasteiger partial charge in [-0.15, -0.1) is 0 Å². The van der Waals surface area contributed by atoms with Crippen molar-refractivity contribution in [3.8, 4) is 5.75 Å². The molecule has 0 radical (unpaired) electrons. The molecular weight excluding hydrogens is 442 g/mol. The highest BCUT2D eigenvalue weighted by atomic mass is 32.2. The van der Waals surface area contributed by atoms with Crippen LogP contribution in [0, 0.1) is 12.3 Å². The Bertz CT molecular complexity index is 1130. The molecule has 178 valence electrons. The summed E-state index contributed by atoms with van der Waals surface area (Å²) in [5, 5.41) is 2.99.